The van der Waals surface area contributed by atoms with E-state index in [4.69, 9.17) is 10.2 Å². The molecule has 1 unspecified atom stereocenters. The predicted octanol–water partition coefficient (Wildman–Crippen LogP) is -0.421. The summed E-state index contributed by atoms with van der Waals surface area (Å²) in [5.41, 5.74) is 0. The molecule has 1 rings (SSSR count). The van der Waals surface area contributed by atoms with E-state index in [1.54, 1.807) is 16.7 Å². The van der Waals surface area contributed by atoms with Gasteiger partial charge in [0, 0.05) is 24.1 Å². The number of nitrogens with one attached hydrogen (secondary N) is 1. The van der Waals surface area contributed by atoms with Gasteiger partial charge >= 0.3 is 12.0 Å². The predicted molar refractivity (Wildman–Crippen MR) is 60.5 cm³/mol. The second kappa shape index (κ2) is 5.95. The van der Waals surface area contributed by atoms with Crippen LogP contribution in [0.25, 0.3) is 0 Å². The van der Waals surface area contributed by atoms with Gasteiger partial charge in [-0.2, -0.15) is 11.8 Å². The van der Waals surface area contributed by atoms with Crippen molar-refractivity contribution in [1.82, 2.24) is 10.2 Å². The van der Waals surface area contributed by atoms with E-state index in [-0.39, 0.29) is 12.6 Å². The number of rotatable bonds is 3. The number of carbonyl (C=O) groups excluding carboxylic acids is 1. The minimum absolute atomic E-state index is 0.258. The third-order valence-electron chi connectivity index (χ3n) is 2.26. The lowest BCUT2D eigenvalue weighted by Crippen LogP contribution is -2.48. The van der Waals surface area contributed by atoms with Crippen molar-refractivity contribution in [3.8, 4) is 0 Å². The van der Waals surface area contributed by atoms with E-state index < -0.39 is 12.1 Å². The van der Waals surface area contributed by atoms with Crippen molar-refractivity contribution in [2.75, 3.05) is 25.4 Å². The zero-order valence-electron chi connectivity index (χ0n) is 9.05. The van der Waals surface area contributed by atoms with Crippen LogP contribution in [-0.2, 0) is 4.79 Å². The molecule has 1 aliphatic heterocycles. The van der Waals surface area contributed by atoms with Gasteiger partial charge in [-0.25, -0.2) is 9.59 Å². The summed E-state index contributed by atoms with van der Waals surface area (Å²) >= 11 is 1.80. The number of aliphatic carboxylic acids is 1. The van der Waals surface area contributed by atoms with Gasteiger partial charge in [0.15, 0.2) is 6.10 Å². The van der Waals surface area contributed by atoms with Crippen molar-refractivity contribution in [3.63, 3.8) is 0 Å². The Morgan fingerprint density at radius 1 is 1.62 bits per heavy atom. The van der Waals surface area contributed by atoms with Crippen LogP contribution in [0.15, 0.2) is 0 Å². The number of carbonyl (C=O) groups is 2. The molecule has 0 spiro atoms. The molecule has 7 heteroatoms. The molecule has 6 nitrogen and oxygen atoms in total. The standard InChI is InChI=1S/C9H16N2O4S/c1-6-5-11(2-3-16-6)9(15)10-4-7(12)8(13)14/h6-7,12H,2-5H2,1H3,(H,10,15)(H,13,14)/t6?,7-/m0/s1. The van der Waals surface area contributed by atoms with Gasteiger partial charge in [-0.15, -0.1) is 0 Å². The zero-order valence-corrected chi connectivity index (χ0v) is 9.87. The van der Waals surface area contributed by atoms with Crippen molar-refractivity contribution in [3.05, 3.63) is 0 Å². The highest BCUT2D eigenvalue weighted by Gasteiger charge is 2.22. The maximum atomic E-state index is 11.6. The smallest absolute Gasteiger partial charge is 0.334 e. The molecule has 3 N–H and O–H groups in total. The van der Waals surface area contributed by atoms with Crippen molar-refractivity contribution >= 4 is 23.8 Å². The highest BCUT2D eigenvalue weighted by molar-refractivity contribution is 7.99. The number of nitrogens with zero attached hydrogens (tertiary/aromatic N) is 1. The quantitative estimate of drug-likeness (QED) is 0.631. The summed E-state index contributed by atoms with van der Waals surface area (Å²) in [6, 6.07) is -0.313. The first-order valence-electron chi connectivity index (χ1n) is 5.06. The van der Waals surface area contributed by atoms with E-state index in [1.165, 1.54) is 0 Å². The Labute approximate surface area is 98.0 Å². The number of carboxylic acids is 1. The van der Waals surface area contributed by atoms with Gasteiger partial charge in [-0.05, 0) is 0 Å². The number of aliphatic hydroxyl groups excluding tert-OH is 1. The molecule has 1 saturated heterocycles. The molecule has 0 aromatic carbocycles. The fourth-order valence-electron chi connectivity index (χ4n) is 1.39. The first kappa shape index (κ1) is 13.1. The Kier molecular flexibility index (Phi) is 4.88. The number of hydrogen-bond donors (Lipinski definition) is 3. The SMILES string of the molecule is CC1CN(C(=O)NC[C@H](O)C(=O)O)CCS1. The minimum Gasteiger partial charge on any atom is -0.479 e. The summed E-state index contributed by atoms with van der Waals surface area (Å²) in [6.07, 6.45) is -1.54. The molecule has 1 heterocycles. The van der Waals surface area contributed by atoms with E-state index >= 15 is 0 Å². The molecule has 0 bridgehead atoms. The van der Waals surface area contributed by atoms with E-state index in [9.17, 15) is 9.59 Å². The van der Waals surface area contributed by atoms with Crippen LogP contribution >= 0.6 is 11.8 Å². The largest absolute Gasteiger partial charge is 0.479 e. The van der Waals surface area contributed by atoms with Gasteiger partial charge in [0.25, 0.3) is 0 Å². The first-order chi connectivity index (χ1) is 7.50. The Morgan fingerprint density at radius 2 is 2.31 bits per heavy atom. The molecule has 2 amide bonds. The summed E-state index contributed by atoms with van der Waals surface area (Å²) in [5.74, 6) is -0.446. The Morgan fingerprint density at radius 3 is 2.88 bits per heavy atom. The van der Waals surface area contributed by atoms with Gasteiger partial charge in [0.1, 0.15) is 0 Å². The number of aliphatic hydroxyl groups is 1. The summed E-state index contributed by atoms with van der Waals surface area (Å²) < 4.78 is 0. The maximum absolute atomic E-state index is 11.6. The fourth-order valence-corrected chi connectivity index (χ4v) is 2.40. The second-order valence-corrected chi connectivity index (χ2v) is 5.21. The van der Waals surface area contributed by atoms with Crippen LogP contribution in [0.1, 0.15) is 6.92 Å². The average Bonchev–Trinajstić information content (AvgIpc) is 2.25. The van der Waals surface area contributed by atoms with Crippen LogP contribution in [0.3, 0.4) is 0 Å². The van der Waals surface area contributed by atoms with Crippen molar-refractivity contribution in [1.29, 1.82) is 0 Å². The third-order valence-corrected chi connectivity index (χ3v) is 3.40. The highest BCUT2D eigenvalue weighted by Crippen LogP contribution is 2.17. The lowest BCUT2D eigenvalue weighted by Gasteiger charge is -2.30. The lowest BCUT2D eigenvalue weighted by atomic mass is 10.3. The molecule has 1 fully saturated rings. The number of urea groups is 1. The van der Waals surface area contributed by atoms with Crippen LogP contribution in [0, 0.1) is 0 Å². The Bertz CT molecular complexity index is 274. The first-order valence-corrected chi connectivity index (χ1v) is 6.11. The summed E-state index contributed by atoms with van der Waals surface area (Å²) in [4.78, 5) is 23.5. The van der Waals surface area contributed by atoms with Crippen LogP contribution in [0.5, 0.6) is 0 Å². The number of hydrogen-bond acceptors (Lipinski definition) is 4. The molecule has 16 heavy (non-hydrogen) atoms. The van der Waals surface area contributed by atoms with Gasteiger partial charge in [-0.1, -0.05) is 6.92 Å². The fraction of sp³-hybridized carbons (Fsp3) is 0.778. The highest BCUT2D eigenvalue weighted by atomic mass is 32.2. The summed E-state index contributed by atoms with van der Waals surface area (Å²) in [5, 5.41) is 20.2. The molecule has 1 aliphatic rings. The zero-order chi connectivity index (χ0) is 12.1. The molecule has 0 aromatic heterocycles. The number of amides is 2. The Balaban J connectivity index is 2.31. The topological polar surface area (TPSA) is 89.9 Å². The van der Waals surface area contributed by atoms with Crippen LogP contribution in [-0.4, -0.2) is 63.9 Å². The monoisotopic (exact) mass is 248 g/mol. The molecule has 0 saturated carbocycles. The van der Waals surface area contributed by atoms with Crippen LogP contribution in [0.2, 0.25) is 0 Å². The lowest BCUT2D eigenvalue weighted by molar-refractivity contribution is -0.146. The molecule has 0 aliphatic carbocycles. The minimum atomic E-state index is -1.54. The van der Waals surface area contributed by atoms with Crippen molar-refractivity contribution in [2.45, 2.75) is 18.3 Å². The maximum Gasteiger partial charge on any atom is 0.334 e. The number of carboxylic acid groups (broad SMARTS) is 1. The number of thioether (sulfide) groups is 1. The van der Waals surface area contributed by atoms with E-state index in [0.717, 1.165) is 5.75 Å². The summed E-state index contributed by atoms with van der Waals surface area (Å²) in [6.45, 7) is 3.09. The second-order valence-electron chi connectivity index (χ2n) is 3.67. The third kappa shape index (κ3) is 3.90. The molecular formula is C9H16N2O4S. The van der Waals surface area contributed by atoms with E-state index in [2.05, 4.69) is 5.32 Å². The van der Waals surface area contributed by atoms with Gasteiger partial charge in [-0.3, -0.25) is 0 Å². The average molecular weight is 248 g/mol. The van der Waals surface area contributed by atoms with E-state index in [0.29, 0.717) is 18.3 Å². The van der Waals surface area contributed by atoms with Crippen molar-refractivity contribution < 1.29 is 19.8 Å². The van der Waals surface area contributed by atoms with Gasteiger partial charge in [0.05, 0.1) is 6.54 Å². The summed E-state index contributed by atoms with van der Waals surface area (Å²) in [7, 11) is 0. The van der Waals surface area contributed by atoms with Crippen LogP contribution in [0.4, 0.5) is 4.79 Å². The molecular weight excluding hydrogens is 232 g/mol. The Hall–Kier alpha value is -0.950. The normalized spacial score (nSPS) is 22.6. The van der Waals surface area contributed by atoms with Gasteiger partial charge in [0.2, 0.25) is 0 Å². The van der Waals surface area contributed by atoms with E-state index in [1.807, 2.05) is 6.92 Å². The van der Waals surface area contributed by atoms with Crippen LogP contribution < -0.4 is 5.32 Å². The van der Waals surface area contributed by atoms with Gasteiger partial charge < -0.3 is 20.4 Å². The molecule has 92 valence electrons. The van der Waals surface area contributed by atoms with Crippen molar-refractivity contribution in [2.24, 2.45) is 0 Å². The molecule has 0 aromatic rings. The molecule has 2 atom stereocenters. The molecule has 0 radical (unpaired) electrons.